The smallest absolute Gasteiger partial charge is 0.213 e. The maximum Gasteiger partial charge on any atom is 0.359 e. The normalized spacial score (nSPS) is 48.7. The predicted octanol–water partition coefficient (Wildman–Crippen LogP) is -5.84. The Hall–Kier alpha value is 0.380. The van der Waals surface area contributed by atoms with Gasteiger partial charge >= 0.3 is 20.3 Å². The van der Waals surface area contributed by atoms with Crippen molar-refractivity contribution in [2.24, 2.45) is 40.9 Å². The van der Waals surface area contributed by atoms with Crippen LogP contribution in [-0.4, -0.2) is 41.5 Å². The summed E-state index contributed by atoms with van der Waals surface area (Å²) in [7, 11) is 0. The van der Waals surface area contributed by atoms with Crippen LogP contribution >= 0.6 is 46.0 Å². The van der Waals surface area contributed by atoms with Gasteiger partial charge < -0.3 is 0 Å². The van der Waals surface area contributed by atoms with E-state index in [1.807, 2.05) is 0 Å². The monoisotopic (exact) mass is 670 g/mol. The fourth-order valence-corrected chi connectivity index (χ4v) is 1.86. The molecule has 0 aliphatic carbocycles. The van der Waals surface area contributed by atoms with Gasteiger partial charge in [0.25, 0.3) is 5.08 Å². The van der Waals surface area contributed by atoms with Crippen LogP contribution in [0.3, 0.4) is 0 Å². The van der Waals surface area contributed by atoms with Crippen molar-refractivity contribution in [3.05, 3.63) is 0 Å². The highest BCUT2D eigenvalue weighted by atomic mass is 127. The number of halogens is 2. The molecule has 3 aliphatic rings. The van der Waals surface area contributed by atoms with Gasteiger partial charge in [-0.05, 0) is 3.17 Å². The Labute approximate surface area is 184 Å². The first kappa shape index (κ1) is 24.0. The van der Waals surface area contributed by atoms with Crippen LogP contribution in [0.25, 0.3) is 0 Å². The van der Waals surface area contributed by atoms with E-state index >= 15 is 0 Å². The van der Waals surface area contributed by atoms with E-state index in [1.54, 1.807) is 0 Å². The van der Waals surface area contributed by atoms with Gasteiger partial charge in [0.2, 0.25) is 38.3 Å². The molecule has 3 rings (SSSR count). The van der Waals surface area contributed by atoms with Crippen LogP contribution in [0.2, 0.25) is 0 Å². The molecule has 27 nitrogen and oxygen atoms in total. The average molecular weight is 670 g/mol. The molecule has 29 heteroatoms. The lowest BCUT2D eigenvalue weighted by Gasteiger charge is -2.35. The molecule has 0 aromatic rings. The van der Waals surface area contributed by atoms with Crippen molar-refractivity contribution in [2.75, 3.05) is 0 Å². The van der Waals surface area contributed by atoms with Crippen LogP contribution in [0.4, 0.5) is 0 Å². The number of fused-ring (bicyclic) bond motifs is 4. The largest absolute Gasteiger partial charge is 0.359 e. The molecule has 4 bridgehead atoms. The van der Waals surface area contributed by atoms with Gasteiger partial charge in [0, 0.05) is 9.88 Å². The Balaban J connectivity index is 2.04. The van der Waals surface area contributed by atoms with Gasteiger partial charge in [-0.25, -0.2) is 11.7 Å². The Bertz CT molecular complexity index is 616. The summed E-state index contributed by atoms with van der Waals surface area (Å²) in [6.45, 7) is 0. The van der Waals surface area contributed by atoms with E-state index in [2.05, 4.69) is 11.3 Å². The summed E-state index contributed by atoms with van der Waals surface area (Å²) in [5.41, 5.74) is 0. The summed E-state index contributed by atoms with van der Waals surface area (Å²) < 4.78 is 9.28. The van der Waals surface area contributed by atoms with Crippen molar-refractivity contribution in [1.82, 2.24) is 16.1 Å². The van der Waals surface area contributed by atoms with Crippen molar-refractivity contribution < 1.29 is 81.1 Å². The van der Waals surface area contributed by atoms with Crippen molar-refractivity contribution >= 4 is 46.0 Å². The molecule has 29 heavy (non-hydrogen) atoms. The number of hydrogen-bond acceptors (Lipinski definition) is 22. The molecule has 5 atom stereocenters. The van der Waals surface area contributed by atoms with E-state index in [9.17, 15) is 0 Å². The molecular formula is H14I2N15O12+5. The van der Waals surface area contributed by atoms with Gasteiger partial charge in [-0.1, -0.05) is 29.2 Å². The zero-order chi connectivity index (χ0) is 21.7. The minimum atomic E-state index is -2.28. The first-order valence-corrected chi connectivity index (χ1v) is 7.89. The number of rotatable bonds is 2. The van der Waals surface area contributed by atoms with Gasteiger partial charge in [-0.2, -0.15) is 3.17 Å². The van der Waals surface area contributed by atoms with E-state index in [0.29, 0.717) is 0 Å². The van der Waals surface area contributed by atoms with Crippen LogP contribution in [-0.2, 0) is 55.7 Å². The lowest BCUT2D eigenvalue weighted by Crippen LogP contribution is -2.85. The van der Waals surface area contributed by atoms with Gasteiger partial charge in [0.1, 0.15) is 23.0 Å². The fourth-order valence-electron chi connectivity index (χ4n) is 1.57. The van der Waals surface area contributed by atoms with Crippen LogP contribution < -0.4 is 40.9 Å². The third-order valence-corrected chi connectivity index (χ3v) is 3.07. The maximum atomic E-state index is 5.70. The van der Waals surface area contributed by atoms with E-state index in [0.717, 1.165) is 0 Å². The summed E-state index contributed by atoms with van der Waals surface area (Å²) in [6.07, 6.45) is 0. The molecule has 3 aliphatic heterocycles. The molecule has 0 radical (unpaired) electrons. The summed E-state index contributed by atoms with van der Waals surface area (Å²) >= 11 is 2.45. The fraction of sp³-hybridized carbons (Fsp3) is 0. The van der Waals surface area contributed by atoms with E-state index in [1.165, 1.54) is 46.0 Å². The highest BCUT2D eigenvalue weighted by molar-refractivity contribution is 14.1. The van der Waals surface area contributed by atoms with Gasteiger partial charge in [-0.3, -0.25) is 0 Å². The third-order valence-electron chi connectivity index (χ3n) is 2.20. The van der Waals surface area contributed by atoms with Crippen molar-refractivity contribution in [3.63, 3.8) is 0 Å². The van der Waals surface area contributed by atoms with Crippen LogP contribution in [0.5, 0.6) is 0 Å². The molecule has 0 aromatic carbocycles. The number of hydrazine groups is 2. The number of nitrogens with two attached hydrogens (primary N) is 7. The van der Waals surface area contributed by atoms with Gasteiger partial charge in [0.05, 0.1) is 20.5 Å². The second kappa shape index (κ2) is 8.06. The second-order valence-corrected chi connectivity index (χ2v) is 5.24. The maximum absolute atomic E-state index is 5.70. The van der Waals surface area contributed by atoms with Crippen molar-refractivity contribution in [1.29, 1.82) is 0 Å². The number of hydrogen-bond donors (Lipinski definition) is 7. The zero-order valence-corrected chi connectivity index (χ0v) is 17.6. The molecule has 0 spiro atoms. The third kappa shape index (κ3) is 5.60. The van der Waals surface area contributed by atoms with Crippen LogP contribution in [0.15, 0.2) is 0 Å². The van der Waals surface area contributed by atoms with E-state index < -0.39 is 25.4 Å². The molecule has 3 heterocycles. The molecular weight excluding hydrogens is 656 g/mol. The lowest BCUT2D eigenvalue weighted by molar-refractivity contribution is -1.81. The van der Waals surface area contributed by atoms with E-state index in [-0.39, 0.29) is 16.1 Å². The van der Waals surface area contributed by atoms with Crippen molar-refractivity contribution in [3.8, 4) is 0 Å². The standard InChI is InChI=1S/H14I2N15O12/c1-18-12-23-13(5,19-2)25-17(9)28-15(7)22-11(4)20-10(3)21-14(6,26-15)27-16(8,24-12)29-17/h3-9H2/q+5. The van der Waals surface area contributed by atoms with Gasteiger partial charge in [0.15, 0.2) is 14.8 Å². The summed E-state index contributed by atoms with van der Waals surface area (Å²) in [5.74, 6) is 38.8. The molecule has 3 fully saturated rings. The minimum Gasteiger partial charge on any atom is -0.213 e. The molecule has 170 valence electrons. The summed E-state index contributed by atoms with van der Waals surface area (Å²) in [4.78, 5) is 48.1. The van der Waals surface area contributed by atoms with Crippen molar-refractivity contribution in [2.45, 2.75) is 0 Å². The molecule has 3 saturated heterocycles. The first-order valence-electron chi connectivity index (χ1n) is 6.13. The quantitative estimate of drug-likeness (QED) is 0.0817. The predicted molar refractivity (Wildman–Crippen MR) is 77.2 cm³/mol. The highest BCUT2D eigenvalue weighted by Crippen LogP contribution is 2.32. The van der Waals surface area contributed by atoms with Crippen LogP contribution in [0, 0.1) is 0 Å². The Kier molecular flexibility index (Phi) is 6.68. The summed E-state index contributed by atoms with van der Waals surface area (Å²) in [5, 5.41) is -10.9. The highest BCUT2D eigenvalue weighted by Gasteiger charge is 2.78. The molecule has 5 unspecified atom stereocenters. The SMILES string of the molecule is NN1ON(N)O[N+]2(N)O[N+](N)(O1)O[N+]1(N)ON(OI)O[N+](N)(OI)O[N+](N)(O2)O1. The van der Waals surface area contributed by atoms with E-state index in [4.69, 9.17) is 85.3 Å². The zero-order valence-electron chi connectivity index (χ0n) is 13.3. The Morgan fingerprint density at radius 3 is 1.52 bits per heavy atom. The van der Waals surface area contributed by atoms with Crippen LogP contribution in [0.1, 0.15) is 0 Å². The topological polar surface area (TPSA) is 303 Å². The molecule has 14 N–H and O–H groups in total. The Morgan fingerprint density at radius 2 is 1.07 bits per heavy atom. The minimum absolute atomic E-state index is 0.0277. The number of nitrogens with zero attached hydrogens (tertiary/aromatic N) is 8. The summed E-state index contributed by atoms with van der Waals surface area (Å²) in [6, 6.07) is 0. The Morgan fingerprint density at radius 1 is 0.621 bits per heavy atom. The lowest BCUT2D eigenvalue weighted by atomic mass is 12.1. The molecule has 0 aromatic heterocycles. The number of quaternary nitrogens is 5. The molecule has 0 saturated carbocycles. The molecule has 0 amide bonds. The van der Waals surface area contributed by atoms with Gasteiger partial charge in [-0.15, -0.1) is 4.94 Å². The second-order valence-electron chi connectivity index (χ2n) is 4.45. The first-order chi connectivity index (χ1) is 13.2. The average Bonchev–Trinajstić information content (AvgIpc) is 2.47.